The number of nitrogens with one attached hydrogen (secondary N) is 3. The number of carbonyl (C=O) groups is 2. The molecule has 3 N–H and O–H groups in total. The summed E-state index contributed by atoms with van der Waals surface area (Å²) >= 11 is 4.99. The highest BCUT2D eigenvalue weighted by Crippen LogP contribution is 2.12. The molecule has 0 saturated carbocycles. The van der Waals surface area contributed by atoms with Crippen LogP contribution in [0.5, 0.6) is 11.5 Å². The first-order valence-corrected chi connectivity index (χ1v) is 9.14. The molecule has 2 amide bonds. The lowest BCUT2D eigenvalue weighted by Gasteiger charge is -2.11. The van der Waals surface area contributed by atoms with Gasteiger partial charge in [-0.1, -0.05) is 31.2 Å². The Hall–Kier alpha value is -3.13. The van der Waals surface area contributed by atoms with Crippen molar-refractivity contribution in [2.75, 3.05) is 13.7 Å². The van der Waals surface area contributed by atoms with Gasteiger partial charge in [-0.05, 0) is 54.0 Å². The maximum absolute atomic E-state index is 12.0. The number of thiocarbonyl (C=S) groups is 1. The van der Waals surface area contributed by atoms with Crippen LogP contribution in [0, 0.1) is 0 Å². The third-order valence-corrected chi connectivity index (χ3v) is 4.00. The summed E-state index contributed by atoms with van der Waals surface area (Å²) in [6.07, 6.45) is 1.09. The van der Waals surface area contributed by atoms with Crippen molar-refractivity contribution in [1.29, 1.82) is 0 Å². The number of hydrazine groups is 1. The minimum absolute atomic E-state index is 0.000777. The lowest BCUT2D eigenvalue weighted by Crippen LogP contribution is -2.49. The first kappa shape index (κ1) is 21.2. The third-order valence-electron chi connectivity index (χ3n) is 3.79. The highest BCUT2D eigenvalue weighted by molar-refractivity contribution is 7.80. The molecule has 0 atom stereocenters. The van der Waals surface area contributed by atoms with E-state index in [1.165, 1.54) is 5.56 Å². The number of amides is 2. The van der Waals surface area contributed by atoms with Crippen LogP contribution in [0.1, 0.15) is 18.1 Å². The molecule has 0 radical (unpaired) electrons. The van der Waals surface area contributed by atoms with Gasteiger partial charge in [0.1, 0.15) is 11.5 Å². The number of benzene rings is 2. The molecule has 0 aromatic heterocycles. The standard InChI is InChI=1S/C20H23N3O4S/c1-3-14-4-10-17(11-5-14)27-13-19(25)22-23-20(28)21-18(24)12-15-6-8-16(26-2)9-7-15/h4-11H,3,12-13H2,1-2H3,(H,22,25)(H2,21,23,24,28). The zero-order chi connectivity index (χ0) is 20.4. The summed E-state index contributed by atoms with van der Waals surface area (Å²) in [6.45, 7) is 1.88. The minimum atomic E-state index is -0.425. The molecule has 0 aliphatic carbocycles. The van der Waals surface area contributed by atoms with Gasteiger partial charge in [-0.25, -0.2) is 0 Å². The average Bonchev–Trinajstić information content (AvgIpc) is 2.71. The zero-order valence-electron chi connectivity index (χ0n) is 15.8. The quantitative estimate of drug-likeness (QED) is 0.485. The number of methoxy groups -OCH3 is 1. The molecule has 7 nitrogen and oxygen atoms in total. The van der Waals surface area contributed by atoms with Crippen molar-refractivity contribution in [2.45, 2.75) is 19.8 Å². The van der Waals surface area contributed by atoms with E-state index in [1.807, 2.05) is 24.3 Å². The second kappa shape index (κ2) is 10.9. The van der Waals surface area contributed by atoms with E-state index in [2.05, 4.69) is 23.1 Å². The van der Waals surface area contributed by atoms with Crippen molar-refractivity contribution in [3.63, 3.8) is 0 Å². The van der Waals surface area contributed by atoms with Gasteiger partial charge in [-0.3, -0.25) is 20.4 Å². The first-order chi connectivity index (χ1) is 13.5. The number of rotatable bonds is 7. The van der Waals surface area contributed by atoms with Crippen LogP contribution >= 0.6 is 12.2 Å². The van der Waals surface area contributed by atoms with Crippen LogP contribution in [0.3, 0.4) is 0 Å². The second-order valence-electron chi connectivity index (χ2n) is 5.86. The summed E-state index contributed by atoms with van der Waals surface area (Å²) in [4.78, 5) is 23.8. The van der Waals surface area contributed by atoms with Gasteiger partial charge in [0.2, 0.25) is 5.91 Å². The van der Waals surface area contributed by atoms with Crippen LogP contribution in [-0.2, 0) is 22.4 Å². The zero-order valence-corrected chi connectivity index (χ0v) is 16.6. The van der Waals surface area contributed by atoms with Crippen LogP contribution in [0.25, 0.3) is 0 Å². The molecular formula is C20H23N3O4S. The van der Waals surface area contributed by atoms with Crippen molar-refractivity contribution in [2.24, 2.45) is 0 Å². The lowest BCUT2D eigenvalue weighted by atomic mass is 10.1. The predicted octanol–water partition coefficient (Wildman–Crippen LogP) is 1.90. The van der Waals surface area contributed by atoms with Crippen molar-refractivity contribution >= 4 is 29.1 Å². The van der Waals surface area contributed by atoms with E-state index in [9.17, 15) is 9.59 Å². The SMILES string of the molecule is CCc1ccc(OCC(=O)NNC(=S)NC(=O)Cc2ccc(OC)cc2)cc1. The number of hydrogen-bond donors (Lipinski definition) is 3. The fourth-order valence-electron chi connectivity index (χ4n) is 2.26. The number of aryl methyl sites for hydroxylation is 1. The Labute approximate surface area is 169 Å². The van der Waals surface area contributed by atoms with Gasteiger partial charge in [-0.15, -0.1) is 0 Å². The van der Waals surface area contributed by atoms with Crippen molar-refractivity contribution in [3.05, 3.63) is 59.7 Å². The van der Waals surface area contributed by atoms with Crippen molar-refractivity contribution < 1.29 is 19.1 Å². The van der Waals surface area contributed by atoms with Gasteiger partial charge in [0, 0.05) is 0 Å². The first-order valence-electron chi connectivity index (χ1n) is 8.73. The lowest BCUT2D eigenvalue weighted by molar-refractivity contribution is -0.124. The maximum Gasteiger partial charge on any atom is 0.276 e. The minimum Gasteiger partial charge on any atom is -0.497 e. The molecule has 8 heteroatoms. The van der Waals surface area contributed by atoms with Gasteiger partial charge in [0.05, 0.1) is 13.5 Å². The Morgan fingerprint density at radius 1 is 0.893 bits per heavy atom. The molecule has 0 bridgehead atoms. The van der Waals surface area contributed by atoms with E-state index in [-0.39, 0.29) is 24.0 Å². The molecular weight excluding hydrogens is 378 g/mol. The molecule has 0 fully saturated rings. The van der Waals surface area contributed by atoms with Crippen molar-refractivity contribution in [3.8, 4) is 11.5 Å². The topological polar surface area (TPSA) is 88.7 Å². The van der Waals surface area contributed by atoms with Gasteiger partial charge in [0.25, 0.3) is 5.91 Å². The Kier molecular flexibility index (Phi) is 8.23. The number of hydrogen-bond acceptors (Lipinski definition) is 5. The molecule has 0 unspecified atom stereocenters. The van der Waals surface area contributed by atoms with Crippen LogP contribution in [0.4, 0.5) is 0 Å². The van der Waals surface area contributed by atoms with Crippen LogP contribution < -0.4 is 25.6 Å². The summed E-state index contributed by atoms with van der Waals surface area (Å²) < 4.78 is 10.5. The van der Waals surface area contributed by atoms with Gasteiger partial charge < -0.3 is 14.8 Å². The Bertz CT molecular complexity index is 807. The summed E-state index contributed by atoms with van der Waals surface area (Å²) in [5, 5.41) is 2.49. The monoisotopic (exact) mass is 401 g/mol. The van der Waals surface area contributed by atoms with E-state index < -0.39 is 5.91 Å². The highest BCUT2D eigenvalue weighted by atomic mass is 32.1. The second-order valence-corrected chi connectivity index (χ2v) is 6.27. The summed E-state index contributed by atoms with van der Waals surface area (Å²) in [7, 11) is 1.58. The molecule has 148 valence electrons. The summed E-state index contributed by atoms with van der Waals surface area (Å²) in [5.41, 5.74) is 6.85. The van der Waals surface area contributed by atoms with Crippen LogP contribution in [0.2, 0.25) is 0 Å². The Morgan fingerprint density at radius 2 is 1.50 bits per heavy atom. The molecule has 0 aliphatic rings. The average molecular weight is 401 g/mol. The molecule has 2 aromatic carbocycles. The van der Waals surface area contributed by atoms with Gasteiger partial charge in [-0.2, -0.15) is 0 Å². The highest BCUT2D eigenvalue weighted by Gasteiger charge is 2.08. The van der Waals surface area contributed by atoms with Crippen molar-refractivity contribution in [1.82, 2.24) is 16.2 Å². The molecule has 2 rings (SSSR count). The van der Waals surface area contributed by atoms with E-state index in [4.69, 9.17) is 21.7 Å². The van der Waals surface area contributed by atoms with Crippen LogP contribution in [0.15, 0.2) is 48.5 Å². The molecule has 2 aromatic rings. The predicted molar refractivity (Wildman–Crippen MR) is 110 cm³/mol. The Morgan fingerprint density at radius 3 is 2.11 bits per heavy atom. The molecule has 0 aliphatic heterocycles. The van der Waals surface area contributed by atoms with Crippen LogP contribution in [-0.4, -0.2) is 30.6 Å². The van der Waals surface area contributed by atoms with Gasteiger partial charge in [0.15, 0.2) is 11.7 Å². The summed E-state index contributed by atoms with van der Waals surface area (Å²) in [6, 6.07) is 14.6. The largest absolute Gasteiger partial charge is 0.497 e. The van der Waals surface area contributed by atoms with E-state index in [1.54, 1.807) is 31.4 Å². The van der Waals surface area contributed by atoms with E-state index in [0.717, 1.165) is 12.0 Å². The molecule has 0 spiro atoms. The maximum atomic E-state index is 12.0. The summed E-state index contributed by atoms with van der Waals surface area (Å²) in [5.74, 6) is 0.589. The fourth-order valence-corrected chi connectivity index (χ4v) is 2.43. The molecule has 28 heavy (non-hydrogen) atoms. The van der Waals surface area contributed by atoms with Gasteiger partial charge >= 0.3 is 0 Å². The third kappa shape index (κ3) is 7.24. The molecule has 0 heterocycles. The smallest absolute Gasteiger partial charge is 0.276 e. The normalized spacial score (nSPS) is 9.93. The number of carbonyl (C=O) groups excluding carboxylic acids is 2. The van der Waals surface area contributed by atoms with E-state index >= 15 is 0 Å². The van der Waals surface area contributed by atoms with E-state index in [0.29, 0.717) is 11.5 Å². The Balaban J connectivity index is 1.67. The number of ether oxygens (including phenoxy) is 2. The fraction of sp³-hybridized carbons (Fsp3) is 0.250. The molecule has 0 saturated heterocycles.